The molecule has 14 bridgehead atoms. The van der Waals surface area contributed by atoms with Crippen LogP contribution in [0.5, 0.6) is 0 Å². The molecule has 21 aliphatic rings. The fourth-order valence-corrected chi connectivity index (χ4v) is 12.9. The van der Waals surface area contributed by atoms with Gasteiger partial charge in [0.2, 0.25) is 0 Å². The van der Waals surface area contributed by atoms with Gasteiger partial charge >= 0.3 is 0 Å². The summed E-state index contributed by atoms with van der Waals surface area (Å²) >= 11 is 0. The van der Waals surface area contributed by atoms with E-state index in [1.54, 1.807) is 0 Å². The lowest BCUT2D eigenvalue weighted by Crippen LogP contribution is -2.68. The lowest BCUT2D eigenvalue weighted by Gasteiger charge is -2.50. The molecule has 93 heavy (non-hydrogen) atoms. The number of aliphatic hydroxyl groups excluding tert-OH is 19. The van der Waals surface area contributed by atoms with Gasteiger partial charge in [0.1, 0.15) is 171 Å². The number of hydrogen-bond acceptors (Lipinski definition) is 39. The van der Waals surface area contributed by atoms with Crippen LogP contribution in [0.1, 0.15) is 25.7 Å². The molecule has 0 aromatic rings. The minimum absolute atomic E-state index is 0.0158. The molecular weight excluding hydrogens is 1320 g/mol. The Labute approximate surface area is 529 Å². The van der Waals surface area contributed by atoms with Crippen molar-refractivity contribution in [2.24, 2.45) is 0 Å². The van der Waals surface area contributed by atoms with Crippen LogP contribution in [0.3, 0.4) is 0 Å². The summed E-state index contributed by atoms with van der Waals surface area (Å²) in [5, 5.41) is 215. The van der Waals surface area contributed by atoms with Gasteiger partial charge in [0.15, 0.2) is 44.0 Å². The highest BCUT2D eigenvalue weighted by Gasteiger charge is 2.60. The highest BCUT2D eigenvalue weighted by Crippen LogP contribution is 2.39. The molecule has 21 rings (SSSR count). The van der Waals surface area contributed by atoms with Gasteiger partial charge in [-0.3, -0.25) is 9.11 Å². The third-order valence-corrected chi connectivity index (χ3v) is 18.5. The van der Waals surface area contributed by atoms with E-state index < -0.39 is 293 Å². The fourth-order valence-electron chi connectivity index (χ4n) is 11.8. The van der Waals surface area contributed by atoms with E-state index in [0.717, 1.165) is 0 Å². The van der Waals surface area contributed by atoms with Crippen molar-refractivity contribution in [2.75, 3.05) is 71.0 Å². The zero-order valence-electron chi connectivity index (χ0n) is 49.2. The molecule has 0 aromatic heterocycles. The van der Waals surface area contributed by atoms with E-state index in [-0.39, 0.29) is 38.9 Å². The van der Waals surface area contributed by atoms with E-state index in [0.29, 0.717) is 0 Å². The Hall–Kier alpha value is -1.58. The number of ether oxygens (including phenoxy) is 16. The van der Waals surface area contributed by atoms with Gasteiger partial charge in [-0.05, 0) is 25.7 Å². The summed E-state index contributed by atoms with van der Waals surface area (Å²) < 4.78 is 157. The molecule has 0 aromatic carbocycles. The van der Waals surface area contributed by atoms with Crippen LogP contribution in [0.4, 0.5) is 0 Å². The van der Waals surface area contributed by atoms with Gasteiger partial charge in [0.25, 0.3) is 20.2 Å². The molecule has 544 valence electrons. The van der Waals surface area contributed by atoms with Crippen LogP contribution in [0.25, 0.3) is 0 Å². The molecule has 21 heterocycles. The summed E-state index contributed by atoms with van der Waals surface area (Å²) in [6.07, 6.45) is -72.6. The van der Waals surface area contributed by atoms with Crippen LogP contribution in [0.2, 0.25) is 0 Å². The van der Waals surface area contributed by atoms with Gasteiger partial charge in [0.05, 0.1) is 57.8 Å². The van der Waals surface area contributed by atoms with Crippen molar-refractivity contribution in [1.82, 2.24) is 0 Å². The largest absolute Gasteiger partial charge is 0.394 e. The summed E-state index contributed by atoms with van der Waals surface area (Å²) in [6, 6.07) is 0. The summed E-state index contributed by atoms with van der Waals surface area (Å²) in [5.41, 5.74) is 0. The average Bonchev–Trinajstić information content (AvgIpc) is 0.795. The summed E-state index contributed by atoms with van der Waals surface area (Å²) in [7, 11) is -8.78. The van der Waals surface area contributed by atoms with E-state index in [1.165, 1.54) is 0 Å². The van der Waals surface area contributed by atoms with E-state index in [4.69, 9.17) is 75.8 Å². The summed E-state index contributed by atoms with van der Waals surface area (Å²) in [4.78, 5) is 0. The first-order valence-corrected chi connectivity index (χ1v) is 33.0. The Balaban J connectivity index is 1.10. The molecule has 0 radical (unpaired) electrons. The van der Waals surface area contributed by atoms with Gasteiger partial charge in [-0.2, -0.15) is 16.8 Å². The van der Waals surface area contributed by atoms with E-state index in [2.05, 4.69) is 0 Å². The molecule has 21 aliphatic heterocycles. The molecule has 21 saturated heterocycles. The zero-order chi connectivity index (χ0) is 68.1. The van der Waals surface area contributed by atoms with Crippen molar-refractivity contribution in [3.63, 3.8) is 0 Å². The quantitative estimate of drug-likeness (QED) is 0.0422. The van der Waals surface area contributed by atoms with Crippen molar-refractivity contribution in [1.29, 1.82) is 0 Å². The second-order valence-electron chi connectivity index (χ2n) is 23.4. The zero-order valence-corrected chi connectivity index (χ0v) is 50.8. The molecule has 0 unspecified atom stereocenters. The van der Waals surface area contributed by atoms with Crippen LogP contribution in [-0.2, 0) is 96.0 Å². The second-order valence-corrected chi connectivity index (χ2v) is 26.6. The van der Waals surface area contributed by atoms with Crippen molar-refractivity contribution in [3.8, 4) is 0 Å². The minimum Gasteiger partial charge on any atom is -0.394 e. The number of rotatable bonds is 19. The molecule has 41 nitrogen and oxygen atoms in total. The van der Waals surface area contributed by atoms with E-state index in [9.17, 15) is 123 Å². The predicted octanol–water partition coefficient (Wildman–Crippen LogP) is -13.8. The Morgan fingerprint density at radius 1 is 0.247 bits per heavy atom. The lowest BCUT2D eigenvalue weighted by molar-refractivity contribution is -0.397. The van der Waals surface area contributed by atoms with Gasteiger partial charge < -0.3 is 173 Å². The Kier molecular flexibility index (Phi) is 28.0. The standard InChI is InChI=1S/C50H86O41S2/c51-9-16-37-24(57)31(64)45(79-16)87-39-18(11-53)81-47(33(66)26(39)59)90-42-21(14-76-5-1-3-7-92(70,71)72)84-50(36(69)29(42)62)89-41-20(13-55)82-48(34(67)27(41)60)91-43-22(15-77-6-2-4-8-93(73,74)75)83-49(35(68)28(43)61)88-40-19(12-54)80-46(32(65)25(40)58)86-38-17(10-52)78-44(85-37)30(63)23(38)56/h16-69H,1-15H2,(H,70,71,72)(H,73,74,75)/t16-,17-,18-,19-,20-,21-,22-,23-,24-,25-,26-,27-,28-,29-,30-,31-,32-,33-,34-,35-,36-,37-,38-,39-,40-,41-,42-,43-,44-,45-,46-,47-,48-,49-,50-/m1/s1. The van der Waals surface area contributed by atoms with Crippen LogP contribution in [0.15, 0.2) is 0 Å². The normalized spacial score (nSPS) is 48.2. The maximum absolute atomic E-state index is 11.8. The highest BCUT2D eigenvalue weighted by atomic mass is 32.2. The van der Waals surface area contributed by atoms with Gasteiger partial charge in [-0.25, -0.2) is 0 Å². The summed E-state index contributed by atoms with van der Waals surface area (Å²) in [5.74, 6) is -1.33. The first kappa shape index (κ1) is 77.2. The molecule has 21 N–H and O–H groups in total. The van der Waals surface area contributed by atoms with E-state index >= 15 is 0 Å². The molecule has 43 heteroatoms. The Bertz CT molecular complexity index is 2440. The Morgan fingerprint density at radius 3 is 0.591 bits per heavy atom. The molecule has 21 fully saturated rings. The third-order valence-electron chi connectivity index (χ3n) is 16.9. The smallest absolute Gasteiger partial charge is 0.264 e. The molecule has 0 aliphatic carbocycles. The maximum atomic E-state index is 11.8. The first-order chi connectivity index (χ1) is 43.9. The second kappa shape index (κ2) is 33.7. The lowest BCUT2D eigenvalue weighted by atomic mass is 9.95. The van der Waals surface area contributed by atoms with Gasteiger partial charge in [-0.15, -0.1) is 0 Å². The first-order valence-electron chi connectivity index (χ1n) is 29.8. The van der Waals surface area contributed by atoms with Crippen molar-refractivity contribution in [3.05, 3.63) is 0 Å². The van der Waals surface area contributed by atoms with Crippen LogP contribution in [0, 0.1) is 0 Å². The highest BCUT2D eigenvalue weighted by molar-refractivity contribution is 7.86. The minimum atomic E-state index is -4.39. The Morgan fingerprint density at radius 2 is 0.419 bits per heavy atom. The van der Waals surface area contributed by atoms with Crippen LogP contribution >= 0.6 is 0 Å². The molecule has 0 amide bonds. The maximum Gasteiger partial charge on any atom is 0.264 e. The predicted molar refractivity (Wildman–Crippen MR) is 287 cm³/mol. The topological polar surface area (TPSA) is 641 Å². The number of hydrogen-bond donors (Lipinski definition) is 21. The van der Waals surface area contributed by atoms with Gasteiger partial charge in [0, 0.05) is 13.2 Å². The average molecular weight is 1410 g/mol. The number of unbranched alkanes of at least 4 members (excludes halogenated alkanes) is 2. The molecule has 0 spiro atoms. The molecule has 35 atom stereocenters. The van der Waals surface area contributed by atoms with Crippen molar-refractivity contribution >= 4 is 20.2 Å². The van der Waals surface area contributed by atoms with Crippen molar-refractivity contribution < 1.29 is 199 Å². The van der Waals surface area contributed by atoms with Crippen LogP contribution in [-0.4, -0.2) is 409 Å². The van der Waals surface area contributed by atoms with E-state index in [1.807, 2.05) is 0 Å². The van der Waals surface area contributed by atoms with Gasteiger partial charge in [-0.1, -0.05) is 0 Å². The third kappa shape index (κ3) is 18.3. The number of aliphatic hydroxyl groups is 19. The SMILES string of the molecule is O=S(=O)(O)CCCCOC[C@H]1O[C@@H]2O[C@H]3[C@H](O)[C@@H](O)[C@@H](O[C@H]4[C@H](O)[C@@H](O)[C@@H](O[C@H]5[C@H](O)[C@@H](O)[C@@H](O[C@H]6[C@H](O)[C@@H](O)[C@@H](O[C@H]7[C@H](O)[C@@H](O)[C@@H](O[C@H]8[C@H](O)[C@@H](O)[C@@H](O[C@H]1[C@H](O)[C@H]2O)O[C@@H]8CO)O[C@@H]7COCCCCS(=O)(=O)O)O[C@@H]6CO)O[C@@H]5CO)O[C@@H]4CO)O[C@@H]3CO. The molecule has 0 saturated carbocycles. The molecular formula is C50H86O41S2. The van der Waals surface area contributed by atoms with Crippen LogP contribution < -0.4 is 0 Å². The fraction of sp³-hybridized carbons (Fsp3) is 1.00. The van der Waals surface area contributed by atoms with Crippen molar-refractivity contribution in [2.45, 2.75) is 241 Å². The monoisotopic (exact) mass is 1410 g/mol. The summed E-state index contributed by atoms with van der Waals surface area (Å²) in [6.45, 7) is -7.39.